The van der Waals surface area contributed by atoms with E-state index in [-0.39, 0.29) is 6.03 Å². The molecule has 3 rings (SSSR count). The first-order chi connectivity index (χ1) is 18.1. The van der Waals surface area contributed by atoms with Crippen molar-refractivity contribution in [3.63, 3.8) is 0 Å². The molecular formula is C28H41N7O3. The Morgan fingerprint density at radius 1 is 1.00 bits per heavy atom. The molecule has 38 heavy (non-hydrogen) atoms. The molecule has 0 aliphatic carbocycles. The van der Waals surface area contributed by atoms with Gasteiger partial charge in [-0.3, -0.25) is 10.2 Å². The van der Waals surface area contributed by atoms with Gasteiger partial charge in [0.1, 0.15) is 17.3 Å². The Bertz CT molecular complexity index is 1220. The molecule has 1 unspecified atom stereocenters. The van der Waals surface area contributed by atoms with Gasteiger partial charge < -0.3 is 20.1 Å². The molecule has 2 amide bonds. The highest BCUT2D eigenvalue weighted by molar-refractivity contribution is 5.96. The van der Waals surface area contributed by atoms with Crippen molar-refractivity contribution >= 4 is 28.8 Å². The Morgan fingerprint density at radius 3 is 2.21 bits per heavy atom. The summed E-state index contributed by atoms with van der Waals surface area (Å²) >= 11 is 0. The first kappa shape index (κ1) is 28.9. The van der Waals surface area contributed by atoms with E-state index in [9.17, 15) is 4.79 Å². The number of ether oxygens (including phenoxy) is 2. The maximum absolute atomic E-state index is 12.8. The van der Waals surface area contributed by atoms with E-state index in [0.717, 1.165) is 37.0 Å². The number of rotatable bonds is 11. The molecule has 0 saturated carbocycles. The Labute approximate surface area is 225 Å². The second-order valence-electron chi connectivity index (χ2n) is 10.1. The molecule has 0 aliphatic rings. The van der Waals surface area contributed by atoms with Gasteiger partial charge >= 0.3 is 6.03 Å². The van der Waals surface area contributed by atoms with E-state index >= 15 is 0 Å². The zero-order valence-corrected chi connectivity index (χ0v) is 23.8. The molecule has 3 N–H and O–H groups in total. The molecule has 10 heteroatoms. The van der Waals surface area contributed by atoms with Gasteiger partial charge in [0.2, 0.25) is 5.95 Å². The maximum Gasteiger partial charge on any atom is 0.320 e. The summed E-state index contributed by atoms with van der Waals surface area (Å²) in [6.07, 6.45) is 2.76. The number of carbonyl (C=O) groups excluding carboxylic acids is 1. The highest BCUT2D eigenvalue weighted by atomic mass is 16.5. The lowest BCUT2D eigenvalue weighted by molar-refractivity contribution is 0.220. The summed E-state index contributed by atoms with van der Waals surface area (Å²) in [5, 5.41) is 9.94. The van der Waals surface area contributed by atoms with E-state index in [1.807, 2.05) is 39.0 Å². The number of methoxy groups -OCH3 is 2. The van der Waals surface area contributed by atoms with Gasteiger partial charge in [-0.15, -0.1) is 0 Å². The minimum Gasteiger partial charge on any atom is -0.497 e. The molecule has 3 aromatic rings. The summed E-state index contributed by atoms with van der Waals surface area (Å²) in [5.74, 6) is 2.11. The van der Waals surface area contributed by atoms with Crippen LogP contribution in [-0.4, -0.2) is 71.3 Å². The molecule has 0 spiro atoms. The number of likely N-dealkylation sites (N-methyl/N-ethyl adjacent to an activating group) is 1. The van der Waals surface area contributed by atoms with Crippen LogP contribution in [0.25, 0.3) is 22.2 Å². The third-order valence-corrected chi connectivity index (χ3v) is 6.25. The molecule has 0 aliphatic heterocycles. The highest BCUT2D eigenvalue weighted by Gasteiger charge is 2.19. The molecule has 1 aromatic carbocycles. The summed E-state index contributed by atoms with van der Waals surface area (Å²) in [6, 6.07) is 7.46. The van der Waals surface area contributed by atoms with Crippen molar-refractivity contribution in [3.8, 4) is 22.6 Å². The number of hydrogen-bond donors (Lipinski definition) is 3. The number of nitrogens with one attached hydrogen (secondary N) is 3. The largest absolute Gasteiger partial charge is 0.497 e. The van der Waals surface area contributed by atoms with Crippen molar-refractivity contribution in [1.82, 2.24) is 25.2 Å². The summed E-state index contributed by atoms with van der Waals surface area (Å²) in [7, 11) is 3.19. The molecular weight excluding hydrogens is 482 g/mol. The van der Waals surface area contributed by atoms with Crippen LogP contribution in [0.2, 0.25) is 0 Å². The van der Waals surface area contributed by atoms with Crippen molar-refractivity contribution in [1.29, 1.82) is 0 Å². The smallest absolute Gasteiger partial charge is 0.320 e. The molecule has 0 radical (unpaired) electrons. The maximum atomic E-state index is 12.8. The van der Waals surface area contributed by atoms with Crippen molar-refractivity contribution in [3.05, 3.63) is 30.5 Å². The van der Waals surface area contributed by atoms with E-state index in [2.05, 4.69) is 51.6 Å². The lowest BCUT2D eigenvalue weighted by atomic mass is 10.0. The number of hydrogen-bond acceptors (Lipinski definition) is 8. The molecule has 2 heterocycles. The van der Waals surface area contributed by atoms with Crippen LogP contribution >= 0.6 is 0 Å². The summed E-state index contributed by atoms with van der Waals surface area (Å²) < 4.78 is 10.9. The minimum absolute atomic E-state index is 0.363. The van der Waals surface area contributed by atoms with Crippen LogP contribution in [0.5, 0.6) is 11.5 Å². The van der Waals surface area contributed by atoms with Gasteiger partial charge in [-0.1, -0.05) is 20.8 Å². The minimum atomic E-state index is -0.416. The second-order valence-corrected chi connectivity index (χ2v) is 10.1. The number of benzene rings is 1. The average molecular weight is 524 g/mol. The second kappa shape index (κ2) is 12.7. The highest BCUT2D eigenvalue weighted by Crippen LogP contribution is 2.35. The van der Waals surface area contributed by atoms with E-state index in [1.165, 1.54) is 0 Å². The Morgan fingerprint density at radius 2 is 1.66 bits per heavy atom. The number of urea groups is 1. The standard InChI is InChI=1S/C28H41N7O3/c1-9-20(35(10-2)11-3)17-30-26-29-16-19-14-23(18-12-21(37-7)15-22(13-18)38-8)25(31-24(19)32-26)33-27(36)34-28(4,5)6/h12-16,20H,9-11,17H2,1-8H3,(H3,29,30,31,32,33,34,36). The fourth-order valence-electron chi connectivity index (χ4n) is 4.29. The quantitative estimate of drug-likeness (QED) is 0.316. The molecule has 0 saturated heterocycles. The first-order valence-corrected chi connectivity index (χ1v) is 13.1. The predicted molar refractivity (Wildman–Crippen MR) is 153 cm³/mol. The molecule has 1 atom stereocenters. The Hall–Kier alpha value is -3.66. The number of fused-ring (bicyclic) bond motifs is 1. The van der Waals surface area contributed by atoms with Gasteiger partial charge in [-0.2, -0.15) is 4.98 Å². The van der Waals surface area contributed by atoms with Crippen LogP contribution in [0, 0.1) is 0 Å². The summed E-state index contributed by atoms with van der Waals surface area (Å²) in [4.78, 5) is 29.2. The topological polar surface area (TPSA) is 114 Å². The Kier molecular flexibility index (Phi) is 9.68. The van der Waals surface area contributed by atoms with Gasteiger partial charge in [0.15, 0.2) is 5.65 Å². The van der Waals surface area contributed by atoms with Crippen LogP contribution in [0.3, 0.4) is 0 Å². The van der Waals surface area contributed by atoms with Gasteiger partial charge in [0.05, 0.1) is 14.2 Å². The van der Waals surface area contributed by atoms with Crippen molar-refractivity contribution in [2.75, 3.05) is 44.5 Å². The van der Waals surface area contributed by atoms with Crippen molar-refractivity contribution < 1.29 is 14.3 Å². The monoisotopic (exact) mass is 523 g/mol. The number of aromatic nitrogens is 3. The third kappa shape index (κ3) is 7.44. The van der Waals surface area contributed by atoms with Gasteiger partial charge in [0, 0.05) is 41.3 Å². The normalized spacial score (nSPS) is 12.3. The van der Waals surface area contributed by atoms with E-state index in [4.69, 9.17) is 14.5 Å². The van der Waals surface area contributed by atoms with Crippen LogP contribution in [-0.2, 0) is 0 Å². The zero-order valence-electron chi connectivity index (χ0n) is 23.8. The summed E-state index contributed by atoms with van der Waals surface area (Å²) in [5.41, 5.74) is 1.52. The van der Waals surface area contributed by atoms with Crippen molar-refractivity contribution in [2.24, 2.45) is 0 Å². The van der Waals surface area contributed by atoms with E-state index in [1.54, 1.807) is 26.5 Å². The lowest BCUT2D eigenvalue weighted by Crippen LogP contribution is -2.43. The van der Waals surface area contributed by atoms with Crippen LogP contribution in [0.15, 0.2) is 30.5 Å². The molecule has 10 nitrogen and oxygen atoms in total. The summed E-state index contributed by atoms with van der Waals surface area (Å²) in [6.45, 7) is 15.0. The van der Waals surface area contributed by atoms with Gasteiger partial charge in [0.25, 0.3) is 0 Å². The molecule has 0 bridgehead atoms. The van der Waals surface area contributed by atoms with E-state index in [0.29, 0.717) is 40.5 Å². The fraction of sp³-hybridized carbons (Fsp3) is 0.500. The number of amides is 2. The molecule has 0 fully saturated rings. The van der Waals surface area contributed by atoms with Gasteiger partial charge in [-0.25, -0.2) is 14.8 Å². The average Bonchev–Trinajstić information content (AvgIpc) is 2.89. The number of carbonyl (C=O) groups is 1. The number of pyridine rings is 1. The molecule has 2 aromatic heterocycles. The van der Waals surface area contributed by atoms with Gasteiger partial charge in [-0.05, 0) is 64.0 Å². The van der Waals surface area contributed by atoms with E-state index < -0.39 is 5.54 Å². The first-order valence-electron chi connectivity index (χ1n) is 13.1. The van der Waals surface area contributed by atoms with Crippen LogP contribution in [0.1, 0.15) is 48.0 Å². The third-order valence-electron chi connectivity index (χ3n) is 6.25. The lowest BCUT2D eigenvalue weighted by Gasteiger charge is -2.28. The SMILES string of the molecule is CCC(CNc1ncc2cc(-c3cc(OC)cc(OC)c3)c(NC(=O)NC(C)(C)C)nc2n1)N(CC)CC. The Balaban J connectivity index is 2.03. The number of nitrogens with zero attached hydrogens (tertiary/aromatic N) is 4. The zero-order chi connectivity index (χ0) is 27.9. The number of anilines is 2. The molecule has 206 valence electrons. The predicted octanol–water partition coefficient (Wildman–Crippen LogP) is 5.16. The fourth-order valence-corrected chi connectivity index (χ4v) is 4.29. The van der Waals surface area contributed by atoms with Crippen molar-refractivity contribution in [2.45, 2.75) is 59.5 Å². The van der Waals surface area contributed by atoms with Crippen LogP contribution in [0.4, 0.5) is 16.6 Å². The van der Waals surface area contributed by atoms with Crippen LogP contribution < -0.4 is 25.4 Å².